The molecule has 0 radical (unpaired) electrons. The highest BCUT2D eigenvalue weighted by Gasteiger charge is 2.16. The minimum Gasteiger partial charge on any atom is -0.379 e. The number of aromatic nitrogens is 1. The van der Waals surface area contributed by atoms with Crippen molar-refractivity contribution in [3.05, 3.63) is 64.4 Å². The number of nitrogens with zero attached hydrogens (tertiary/aromatic N) is 3. The van der Waals surface area contributed by atoms with Crippen molar-refractivity contribution in [2.45, 2.75) is 19.4 Å². The van der Waals surface area contributed by atoms with Crippen molar-refractivity contribution in [1.82, 2.24) is 20.1 Å². The SMILES string of the molecule is O=C(NCCC(=O)N(CCCN1CCOCC1)Cc1ccncc1)c1ccc(Br)cc1. The predicted octanol–water partition coefficient (Wildman–Crippen LogP) is 2.72. The van der Waals surface area contributed by atoms with Crippen LogP contribution in [0.4, 0.5) is 0 Å². The number of ether oxygens (including phenoxy) is 1. The average molecular weight is 489 g/mol. The van der Waals surface area contributed by atoms with E-state index < -0.39 is 0 Å². The third-order valence-electron chi connectivity index (χ3n) is 5.21. The van der Waals surface area contributed by atoms with Crippen molar-refractivity contribution in [2.75, 3.05) is 45.9 Å². The van der Waals surface area contributed by atoms with Crippen LogP contribution in [0.2, 0.25) is 0 Å². The Balaban J connectivity index is 1.49. The first-order valence-electron chi connectivity index (χ1n) is 10.6. The highest BCUT2D eigenvalue weighted by Crippen LogP contribution is 2.11. The van der Waals surface area contributed by atoms with E-state index in [2.05, 4.69) is 31.1 Å². The molecule has 1 aliphatic heterocycles. The molecule has 166 valence electrons. The van der Waals surface area contributed by atoms with Crippen LogP contribution in [0, 0.1) is 0 Å². The molecule has 8 heteroatoms. The molecule has 0 aliphatic carbocycles. The van der Waals surface area contributed by atoms with Crippen LogP contribution in [0.1, 0.15) is 28.8 Å². The summed E-state index contributed by atoms with van der Waals surface area (Å²) in [5.41, 5.74) is 1.63. The molecule has 0 unspecified atom stereocenters. The van der Waals surface area contributed by atoms with E-state index in [4.69, 9.17) is 4.74 Å². The fraction of sp³-hybridized carbons (Fsp3) is 0.435. The maximum absolute atomic E-state index is 12.9. The number of pyridine rings is 1. The molecule has 0 atom stereocenters. The number of morpholine rings is 1. The molecule has 1 aromatic heterocycles. The van der Waals surface area contributed by atoms with Crippen LogP contribution in [-0.4, -0.2) is 72.5 Å². The number of benzene rings is 1. The summed E-state index contributed by atoms with van der Waals surface area (Å²) in [7, 11) is 0. The first-order chi connectivity index (χ1) is 15.1. The number of hydrogen-bond acceptors (Lipinski definition) is 5. The lowest BCUT2D eigenvalue weighted by Crippen LogP contribution is -2.39. The molecule has 2 aromatic rings. The lowest BCUT2D eigenvalue weighted by Gasteiger charge is -2.28. The van der Waals surface area contributed by atoms with Crippen molar-refractivity contribution in [2.24, 2.45) is 0 Å². The summed E-state index contributed by atoms with van der Waals surface area (Å²) in [5.74, 6) is -0.136. The maximum atomic E-state index is 12.9. The van der Waals surface area contributed by atoms with E-state index in [0.717, 1.165) is 49.3 Å². The van der Waals surface area contributed by atoms with Crippen LogP contribution in [0.25, 0.3) is 0 Å². The van der Waals surface area contributed by atoms with Crippen molar-refractivity contribution in [3.8, 4) is 0 Å². The number of nitrogens with one attached hydrogen (secondary N) is 1. The van der Waals surface area contributed by atoms with Gasteiger partial charge in [-0.1, -0.05) is 15.9 Å². The Morgan fingerprint density at radius 1 is 1.10 bits per heavy atom. The molecule has 31 heavy (non-hydrogen) atoms. The van der Waals surface area contributed by atoms with Gasteiger partial charge in [0.05, 0.1) is 13.2 Å². The maximum Gasteiger partial charge on any atom is 0.251 e. The fourth-order valence-corrected chi connectivity index (χ4v) is 3.72. The van der Waals surface area contributed by atoms with Crippen molar-refractivity contribution >= 4 is 27.7 Å². The second kappa shape index (κ2) is 12.5. The van der Waals surface area contributed by atoms with Crippen LogP contribution in [-0.2, 0) is 16.1 Å². The Kier molecular flexibility index (Phi) is 9.45. The van der Waals surface area contributed by atoms with Crippen LogP contribution < -0.4 is 5.32 Å². The molecule has 0 bridgehead atoms. The molecule has 1 aliphatic rings. The number of halogens is 1. The van der Waals surface area contributed by atoms with Gasteiger partial charge >= 0.3 is 0 Å². The van der Waals surface area contributed by atoms with E-state index in [1.807, 2.05) is 29.2 Å². The van der Waals surface area contributed by atoms with Gasteiger partial charge in [0.2, 0.25) is 5.91 Å². The first kappa shape index (κ1) is 23.4. The highest BCUT2D eigenvalue weighted by atomic mass is 79.9. The van der Waals surface area contributed by atoms with E-state index in [1.54, 1.807) is 24.5 Å². The van der Waals surface area contributed by atoms with Gasteiger partial charge in [-0.05, 0) is 48.4 Å². The monoisotopic (exact) mass is 488 g/mol. The van der Waals surface area contributed by atoms with Crippen LogP contribution in [0.5, 0.6) is 0 Å². The number of carbonyl (C=O) groups is 2. The van der Waals surface area contributed by atoms with E-state index in [9.17, 15) is 9.59 Å². The molecular weight excluding hydrogens is 460 g/mol. The summed E-state index contributed by atoms with van der Waals surface area (Å²) in [6.45, 7) is 5.92. The molecular formula is C23H29BrN4O3. The van der Waals surface area contributed by atoms with E-state index in [0.29, 0.717) is 25.2 Å². The molecule has 3 rings (SSSR count). The smallest absolute Gasteiger partial charge is 0.251 e. The zero-order valence-corrected chi connectivity index (χ0v) is 19.2. The highest BCUT2D eigenvalue weighted by molar-refractivity contribution is 9.10. The third kappa shape index (κ3) is 8.05. The van der Waals surface area contributed by atoms with Gasteiger partial charge < -0.3 is 15.0 Å². The van der Waals surface area contributed by atoms with Gasteiger partial charge in [0.25, 0.3) is 5.91 Å². The Hall–Kier alpha value is -2.29. The first-order valence-corrected chi connectivity index (χ1v) is 11.4. The Morgan fingerprint density at radius 2 is 1.81 bits per heavy atom. The van der Waals surface area contributed by atoms with Crippen molar-refractivity contribution in [1.29, 1.82) is 0 Å². The topological polar surface area (TPSA) is 74.8 Å². The van der Waals surface area contributed by atoms with Gasteiger partial charge in [0, 0.05) is 68.1 Å². The van der Waals surface area contributed by atoms with Gasteiger partial charge in [0.1, 0.15) is 0 Å². The molecule has 1 N–H and O–H groups in total. The number of hydrogen-bond donors (Lipinski definition) is 1. The van der Waals surface area contributed by atoms with E-state index in [-0.39, 0.29) is 18.2 Å². The minimum atomic E-state index is -0.173. The molecule has 2 amide bonds. The second-order valence-electron chi connectivity index (χ2n) is 7.49. The summed E-state index contributed by atoms with van der Waals surface area (Å²) >= 11 is 3.36. The number of rotatable bonds is 10. The van der Waals surface area contributed by atoms with Gasteiger partial charge in [-0.15, -0.1) is 0 Å². The van der Waals surface area contributed by atoms with Crippen molar-refractivity contribution < 1.29 is 14.3 Å². The van der Waals surface area contributed by atoms with E-state index >= 15 is 0 Å². The average Bonchev–Trinajstić information content (AvgIpc) is 2.80. The lowest BCUT2D eigenvalue weighted by atomic mass is 10.2. The van der Waals surface area contributed by atoms with Crippen LogP contribution in [0.3, 0.4) is 0 Å². The Morgan fingerprint density at radius 3 is 2.52 bits per heavy atom. The largest absolute Gasteiger partial charge is 0.379 e. The summed E-state index contributed by atoms with van der Waals surface area (Å²) < 4.78 is 6.32. The zero-order chi connectivity index (χ0) is 21.9. The lowest BCUT2D eigenvalue weighted by molar-refractivity contribution is -0.131. The number of amides is 2. The van der Waals surface area contributed by atoms with Gasteiger partial charge in [-0.2, -0.15) is 0 Å². The molecule has 1 aromatic carbocycles. The van der Waals surface area contributed by atoms with Crippen LogP contribution >= 0.6 is 15.9 Å². The van der Waals surface area contributed by atoms with Gasteiger partial charge in [-0.25, -0.2) is 0 Å². The Labute approximate surface area is 191 Å². The normalized spacial score (nSPS) is 14.2. The van der Waals surface area contributed by atoms with Gasteiger partial charge in [0.15, 0.2) is 0 Å². The standard InChI is InChI=1S/C23H29BrN4O3/c24-21-4-2-20(3-5-21)23(30)26-11-8-22(29)28(18-19-6-9-25-10-7-19)13-1-12-27-14-16-31-17-15-27/h2-7,9-10H,1,8,11-18H2,(H,26,30). The van der Waals surface area contributed by atoms with Crippen molar-refractivity contribution in [3.63, 3.8) is 0 Å². The molecule has 7 nitrogen and oxygen atoms in total. The molecule has 0 saturated carbocycles. The summed E-state index contributed by atoms with van der Waals surface area (Å²) in [6, 6.07) is 11.0. The van der Waals surface area contributed by atoms with Gasteiger partial charge in [-0.3, -0.25) is 19.5 Å². The predicted molar refractivity (Wildman–Crippen MR) is 123 cm³/mol. The molecule has 2 heterocycles. The Bertz CT molecular complexity index is 826. The molecule has 1 fully saturated rings. The third-order valence-corrected chi connectivity index (χ3v) is 5.74. The van der Waals surface area contributed by atoms with E-state index in [1.165, 1.54) is 0 Å². The minimum absolute atomic E-state index is 0.0369. The van der Waals surface area contributed by atoms with Crippen LogP contribution in [0.15, 0.2) is 53.3 Å². The second-order valence-corrected chi connectivity index (χ2v) is 8.41. The summed E-state index contributed by atoms with van der Waals surface area (Å²) in [6.07, 6.45) is 4.65. The molecule has 0 spiro atoms. The summed E-state index contributed by atoms with van der Waals surface area (Å²) in [5, 5.41) is 2.84. The number of carbonyl (C=O) groups excluding carboxylic acids is 2. The zero-order valence-electron chi connectivity index (χ0n) is 17.6. The summed E-state index contributed by atoms with van der Waals surface area (Å²) in [4.78, 5) is 33.5. The fourth-order valence-electron chi connectivity index (χ4n) is 3.45. The quantitative estimate of drug-likeness (QED) is 0.556. The molecule has 1 saturated heterocycles.